The van der Waals surface area contributed by atoms with Crippen molar-refractivity contribution in [2.45, 2.75) is 27.7 Å². The van der Waals surface area contributed by atoms with Crippen molar-refractivity contribution in [3.8, 4) is 23.0 Å². The second kappa shape index (κ2) is 8.27. The Bertz CT molecular complexity index is 1280. The van der Waals surface area contributed by atoms with Gasteiger partial charge in [-0.3, -0.25) is 10.1 Å². The zero-order valence-electron chi connectivity index (χ0n) is 17.9. The third-order valence-electron chi connectivity index (χ3n) is 5.08. The van der Waals surface area contributed by atoms with Crippen LogP contribution in [0.2, 0.25) is 0 Å². The summed E-state index contributed by atoms with van der Waals surface area (Å²) in [6.07, 6.45) is 0. The largest absolute Gasteiger partial charge is 0.494 e. The highest BCUT2D eigenvalue weighted by Gasteiger charge is 2.19. The number of carbonyl (C=O) groups is 1. The van der Waals surface area contributed by atoms with E-state index in [9.17, 15) is 4.79 Å². The lowest BCUT2D eigenvalue weighted by atomic mass is 10.1. The molecule has 0 aliphatic heterocycles. The number of anilines is 1. The van der Waals surface area contributed by atoms with Crippen LogP contribution < -0.4 is 10.1 Å². The molecular formula is C22H22N6O2S. The minimum absolute atomic E-state index is 0.226. The molecule has 2 heterocycles. The average molecular weight is 435 g/mol. The molecule has 0 fully saturated rings. The van der Waals surface area contributed by atoms with Crippen LogP contribution in [0.5, 0.6) is 5.75 Å². The van der Waals surface area contributed by atoms with Gasteiger partial charge in [-0.1, -0.05) is 17.3 Å². The lowest BCUT2D eigenvalue weighted by Gasteiger charge is -2.10. The van der Waals surface area contributed by atoms with Gasteiger partial charge < -0.3 is 4.74 Å². The maximum atomic E-state index is 12.6. The van der Waals surface area contributed by atoms with E-state index in [1.54, 1.807) is 17.9 Å². The first-order valence-electron chi connectivity index (χ1n) is 9.67. The fourth-order valence-corrected chi connectivity index (χ4v) is 3.72. The van der Waals surface area contributed by atoms with Gasteiger partial charge in [-0.05, 0) is 68.7 Å². The first kappa shape index (κ1) is 20.7. The molecule has 0 unspecified atom stereocenters. The molecule has 0 bridgehead atoms. The number of amides is 1. The number of aromatic nitrogens is 5. The Balaban J connectivity index is 1.59. The number of nitrogens with zero attached hydrogens (tertiary/aromatic N) is 5. The molecule has 1 N–H and O–H groups in total. The summed E-state index contributed by atoms with van der Waals surface area (Å²) in [4.78, 5) is 17.0. The van der Waals surface area contributed by atoms with Crippen LogP contribution >= 0.6 is 11.5 Å². The number of nitrogens with one attached hydrogen (secondary N) is 1. The number of hydrogen-bond donors (Lipinski definition) is 1. The summed E-state index contributed by atoms with van der Waals surface area (Å²) in [6.45, 7) is 7.88. The van der Waals surface area contributed by atoms with E-state index in [-0.39, 0.29) is 5.91 Å². The minimum atomic E-state index is -0.226. The van der Waals surface area contributed by atoms with Crippen LogP contribution in [0, 0.1) is 27.7 Å². The maximum Gasteiger partial charge on any atom is 0.257 e. The zero-order valence-corrected chi connectivity index (χ0v) is 18.7. The van der Waals surface area contributed by atoms with Crippen molar-refractivity contribution in [2.75, 3.05) is 12.4 Å². The molecule has 0 saturated carbocycles. The van der Waals surface area contributed by atoms with Gasteiger partial charge in [-0.2, -0.15) is 9.36 Å². The van der Waals surface area contributed by atoms with Crippen LogP contribution in [0.1, 0.15) is 32.7 Å². The number of ether oxygens (including phenoxy) is 1. The molecule has 2 aromatic heterocycles. The first-order chi connectivity index (χ1) is 14.9. The lowest BCUT2D eigenvalue weighted by Crippen LogP contribution is -2.12. The summed E-state index contributed by atoms with van der Waals surface area (Å²) >= 11 is 1.10. The standard InChI is InChI=1S/C22H22N6O2S/c1-12-6-9-18(30-5)17(10-12)28-15(4)19(25-27-28)20-23-22(31-26-20)24-21(29)16-8-7-13(2)14(3)11-16/h6-11H,1-5H3,(H,23,24,26,29). The van der Waals surface area contributed by atoms with Crippen LogP contribution in [-0.2, 0) is 0 Å². The lowest BCUT2D eigenvalue weighted by molar-refractivity contribution is 0.102. The molecule has 0 saturated heterocycles. The van der Waals surface area contributed by atoms with E-state index in [2.05, 4.69) is 25.0 Å². The number of aryl methyl sites for hydroxylation is 3. The Morgan fingerprint density at radius 2 is 1.87 bits per heavy atom. The Labute approximate surface area is 184 Å². The Hall–Kier alpha value is -3.59. The molecule has 0 atom stereocenters. The molecule has 4 rings (SSSR count). The molecule has 1 amide bonds. The van der Waals surface area contributed by atoms with Gasteiger partial charge in [0.05, 0.1) is 12.8 Å². The normalized spacial score (nSPS) is 10.9. The maximum absolute atomic E-state index is 12.6. The van der Waals surface area contributed by atoms with Crippen molar-refractivity contribution in [1.82, 2.24) is 24.4 Å². The second-order valence-corrected chi connectivity index (χ2v) is 8.04. The fourth-order valence-electron chi connectivity index (χ4n) is 3.15. The molecule has 0 radical (unpaired) electrons. The van der Waals surface area contributed by atoms with Gasteiger partial charge >= 0.3 is 0 Å². The molecule has 158 valence electrons. The quantitative estimate of drug-likeness (QED) is 0.504. The van der Waals surface area contributed by atoms with Crippen LogP contribution in [0.15, 0.2) is 36.4 Å². The van der Waals surface area contributed by atoms with E-state index in [0.29, 0.717) is 28.0 Å². The number of rotatable bonds is 5. The Morgan fingerprint density at radius 3 is 2.61 bits per heavy atom. The van der Waals surface area contributed by atoms with Gasteiger partial charge in [0, 0.05) is 17.1 Å². The second-order valence-electron chi connectivity index (χ2n) is 7.29. The molecule has 0 spiro atoms. The van der Waals surface area contributed by atoms with Crippen molar-refractivity contribution < 1.29 is 9.53 Å². The Morgan fingerprint density at radius 1 is 1.06 bits per heavy atom. The van der Waals surface area contributed by atoms with Crippen LogP contribution in [-0.4, -0.2) is 37.4 Å². The number of benzene rings is 2. The van der Waals surface area contributed by atoms with Crippen molar-refractivity contribution in [2.24, 2.45) is 0 Å². The van der Waals surface area contributed by atoms with Crippen molar-refractivity contribution in [3.05, 3.63) is 64.3 Å². The highest BCUT2D eigenvalue weighted by atomic mass is 32.1. The summed E-state index contributed by atoms with van der Waals surface area (Å²) in [6, 6.07) is 11.4. The van der Waals surface area contributed by atoms with Gasteiger partial charge in [-0.25, -0.2) is 4.68 Å². The number of carbonyl (C=O) groups excluding carboxylic acids is 1. The third kappa shape index (κ3) is 4.04. The zero-order chi connectivity index (χ0) is 22.1. The van der Waals surface area contributed by atoms with Crippen molar-refractivity contribution in [1.29, 1.82) is 0 Å². The van der Waals surface area contributed by atoms with Gasteiger partial charge in [0.2, 0.25) is 5.13 Å². The van der Waals surface area contributed by atoms with Gasteiger partial charge in [-0.15, -0.1) is 5.10 Å². The van der Waals surface area contributed by atoms with Gasteiger partial charge in [0.25, 0.3) is 5.91 Å². The molecular weight excluding hydrogens is 412 g/mol. The van der Waals surface area contributed by atoms with E-state index in [1.807, 2.05) is 58.0 Å². The SMILES string of the molecule is COc1ccc(C)cc1-n1nnc(-c2nsc(NC(=O)c3ccc(C)c(C)c3)n2)c1C. The predicted octanol–water partition coefficient (Wildman–Crippen LogP) is 4.28. The van der Waals surface area contributed by atoms with E-state index in [0.717, 1.165) is 39.6 Å². The van der Waals surface area contributed by atoms with Crippen LogP contribution in [0.4, 0.5) is 5.13 Å². The molecule has 31 heavy (non-hydrogen) atoms. The van der Waals surface area contributed by atoms with Crippen molar-refractivity contribution in [3.63, 3.8) is 0 Å². The molecule has 2 aromatic carbocycles. The predicted molar refractivity (Wildman–Crippen MR) is 120 cm³/mol. The number of hydrogen-bond acceptors (Lipinski definition) is 7. The molecule has 9 heteroatoms. The van der Waals surface area contributed by atoms with E-state index < -0.39 is 0 Å². The summed E-state index contributed by atoms with van der Waals surface area (Å²) in [5, 5.41) is 11.8. The topological polar surface area (TPSA) is 94.8 Å². The average Bonchev–Trinajstić information content (AvgIpc) is 3.36. The smallest absolute Gasteiger partial charge is 0.257 e. The number of methoxy groups -OCH3 is 1. The molecule has 0 aliphatic carbocycles. The monoisotopic (exact) mass is 434 g/mol. The highest BCUT2D eigenvalue weighted by molar-refractivity contribution is 7.10. The van der Waals surface area contributed by atoms with E-state index in [4.69, 9.17) is 4.74 Å². The van der Waals surface area contributed by atoms with Crippen LogP contribution in [0.25, 0.3) is 17.2 Å². The van der Waals surface area contributed by atoms with Gasteiger partial charge in [0.1, 0.15) is 11.4 Å². The Kier molecular flexibility index (Phi) is 5.51. The molecule has 8 nitrogen and oxygen atoms in total. The van der Waals surface area contributed by atoms with Gasteiger partial charge in [0.15, 0.2) is 11.5 Å². The summed E-state index contributed by atoms with van der Waals surface area (Å²) in [5.41, 5.74) is 5.96. The highest BCUT2D eigenvalue weighted by Crippen LogP contribution is 2.28. The minimum Gasteiger partial charge on any atom is -0.494 e. The van der Waals surface area contributed by atoms with Crippen molar-refractivity contribution >= 4 is 22.6 Å². The van der Waals surface area contributed by atoms with E-state index in [1.165, 1.54) is 0 Å². The van der Waals surface area contributed by atoms with Crippen LogP contribution in [0.3, 0.4) is 0 Å². The summed E-state index contributed by atoms with van der Waals surface area (Å²) in [7, 11) is 1.62. The fraction of sp³-hybridized carbons (Fsp3) is 0.227. The summed E-state index contributed by atoms with van der Waals surface area (Å²) < 4.78 is 11.5. The third-order valence-corrected chi connectivity index (χ3v) is 5.72. The van der Waals surface area contributed by atoms with E-state index >= 15 is 0 Å². The molecule has 4 aromatic rings. The first-order valence-corrected chi connectivity index (χ1v) is 10.4. The summed E-state index contributed by atoms with van der Waals surface area (Å²) in [5.74, 6) is 0.879. The molecule has 0 aliphatic rings.